The van der Waals surface area contributed by atoms with Crippen LogP contribution < -0.4 is 5.32 Å². The van der Waals surface area contributed by atoms with Gasteiger partial charge in [-0.1, -0.05) is 30.3 Å². The topological polar surface area (TPSA) is 86.1 Å². The number of carbonyl (C=O) groups is 1. The average molecular weight is 334 g/mol. The Kier molecular flexibility index (Phi) is 3.88. The van der Waals surface area contributed by atoms with Gasteiger partial charge in [0.25, 0.3) is 0 Å². The summed E-state index contributed by atoms with van der Waals surface area (Å²) in [6.07, 6.45) is 2.97. The van der Waals surface area contributed by atoms with Crippen molar-refractivity contribution in [1.82, 2.24) is 14.8 Å². The molecule has 3 heterocycles. The third-order valence-electron chi connectivity index (χ3n) is 3.57. The molecule has 0 spiro atoms. The van der Waals surface area contributed by atoms with Gasteiger partial charge in [0.1, 0.15) is 0 Å². The van der Waals surface area contributed by atoms with Crippen LogP contribution in [0.25, 0.3) is 11.6 Å². The van der Waals surface area contributed by atoms with Gasteiger partial charge >= 0.3 is 5.91 Å². The molecule has 0 aliphatic rings. The van der Waals surface area contributed by atoms with Crippen LogP contribution in [-0.2, 0) is 6.54 Å². The fourth-order valence-electron chi connectivity index (χ4n) is 2.36. The Labute approximate surface area is 142 Å². The monoisotopic (exact) mass is 334 g/mol. The van der Waals surface area contributed by atoms with Crippen molar-refractivity contribution in [2.24, 2.45) is 0 Å². The van der Waals surface area contributed by atoms with Crippen molar-refractivity contribution in [3.8, 4) is 11.6 Å². The van der Waals surface area contributed by atoms with Crippen LogP contribution in [0.5, 0.6) is 0 Å². The van der Waals surface area contributed by atoms with Gasteiger partial charge in [-0.3, -0.25) is 4.79 Å². The first kappa shape index (κ1) is 14.9. The van der Waals surface area contributed by atoms with E-state index < -0.39 is 5.91 Å². The van der Waals surface area contributed by atoms with E-state index >= 15 is 0 Å². The van der Waals surface area contributed by atoms with E-state index in [9.17, 15) is 4.79 Å². The Morgan fingerprint density at radius 3 is 2.52 bits per heavy atom. The van der Waals surface area contributed by atoms with Gasteiger partial charge < -0.3 is 14.2 Å². The van der Waals surface area contributed by atoms with Crippen LogP contribution in [0.1, 0.15) is 16.1 Å². The lowest BCUT2D eigenvalue weighted by Crippen LogP contribution is -2.17. The Morgan fingerprint density at radius 2 is 1.80 bits per heavy atom. The molecule has 0 aliphatic carbocycles. The maximum Gasteiger partial charge on any atom is 0.317 e. The molecular formula is C18H14N4O3. The van der Waals surface area contributed by atoms with Gasteiger partial charge in [-0.2, -0.15) is 9.67 Å². The van der Waals surface area contributed by atoms with Crippen molar-refractivity contribution < 1.29 is 13.6 Å². The van der Waals surface area contributed by atoms with Crippen molar-refractivity contribution >= 4 is 11.9 Å². The number of nitrogens with one attached hydrogen (secondary N) is 1. The molecule has 4 rings (SSSR count). The van der Waals surface area contributed by atoms with Crippen LogP contribution in [0.4, 0.5) is 5.95 Å². The highest BCUT2D eigenvalue weighted by Gasteiger charge is 2.21. The van der Waals surface area contributed by atoms with Crippen molar-refractivity contribution in [2.75, 3.05) is 5.32 Å². The van der Waals surface area contributed by atoms with Gasteiger partial charge in [0.05, 0.1) is 12.5 Å². The number of carbonyl (C=O) groups excluding carboxylic acids is 1. The highest BCUT2D eigenvalue weighted by Crippen LogP contribution is 2.20. The number of aromatic nitrogens is 3. The van der Waals surface area contributed by atoms with Crippen LogP contribution in [0.2, 0.25) is 0 Å². The summed E-state index contributed by atoms with van der Waals surface area (Å²) in [7, 11) is 0. The lowest BCUT2D eigenvalue weighted by Gasteiger charge is -2.06. The quantitative estimate of drug-likeness (QED) is 0.602. The summed E-state index contributed by atoms with van der Waals surface area (Å²) < 4.78 is 11.7. The number of nitrogens with zero attached hydrogens (tertiary/aromatic N) is 3. The van der Waals surface area contributed by atoms with Gasteiger partial charge in [-0.05, 0) is 29.8 Å². The summed E-state index contributed by atoms with van der Waals surface area (Å²) >= 11 is 0. The summed E-state index contributed by atoms with van der Waals surface area (Å²) in [6, 6.07) is 16.5. The normalized spacial score (nSPS) is 10.7. The number of anilines is 1. The number of hydrogen-bond acceptors (Lipinski definition) is 6. The Balaban J connectivity index is 1.67. The van der Waals surface area contributed by atoms with E-state index in [2.05, 4.69) is 15.4 Å². The summed E-state index contributed by atoms with van der Waals surface area (Å²) in [5, 5.41) is 7.40. The Bertz CT molecular complexity index is 957. The molecule has 0 saturated carbocycles. The lowest BCUT2D eigenvalue weighted by atomic mass is 10.2. The van der Waals surface area contributed by atoms with Crippen molar-refractivity contribution in [3.05, 3.63) is 78.4 Å². The number of benzene rings is 1. The molecule has 1 aromatic carbocycles. The van der Waals surface area contributed by atoms with Crippen molar-refractivity contribution in [2.45, 2.75) is 6.54 Å². The molecule has 4 aromatic rings. The van der Waals surface area contributed by atoms with E-state index in [1.165, 1.54) is 17.2 Å². The third kappa shape index (κ3) is 3.07. The summed E-state index contributed by atoms with van der Waals surface area (Å²) in [4.78, 5) is 17.0. The van der Waals surface area contributed by atoms with Crippen molar-refractivity contribution in [3.63, 3.8) is 0 Å². The first-order valence-corrected chi connectivity index (χ1v) is 7.68. The second-order valence-electron chi connectivity index (χ2n) is 5.27. The third-order valence-corrected chi connectivity index (χ3v) is 3.57. The predicted molar refractivity (Wildman–Crippen MR) is 89.9 cm³/mol. The van der Waals surface area contributed by atoms with Crippen molar-refractivity contribution in [1.29, 1.82) is 0 Å². The first-order valence-electron chi connectivity index (χ1n) is 7.68. The van der Waals surface area contributed by atoms with E-state index in [-0.39, 0.29) is 5.76 Å². The van der Waals surface area contributed by atoms with Gasteiger partial charge in [0, 0.05) is 6.54 Å². The largest absolute Gasteiger partial charge is 0.461 e. The minimum Gasteiger partial charge on any atom is -0.461 e. The molecule has 124 valence electrons. The number of hydrogen-bond donors (Lipinski definition) is 1. The Morgan fingerprint density at radius 1 is 1.00 bits per heavy atom. The van der Waals surface area contributed by atoms with Gasteiger partial charge in [-0.15, -0.1) is 5.10 Å². The smallest absolute Gasteiger partial charge is 0.317 e. The van der Waals surface area contributed by atoms with E-state index in [4.69, 9.17) is 8.83 Å². The van der Waals surface area contributed by atoms with Crippen LogP contribution in [0.3, 0.4) is 0 Å². The van der Waals surface area contributed by atoms with Gasteiger partial charge in [0.15, 0.2) is 11.5 Å². The molecule has 3 aromatic heterocycles. The van der Waals surface area contributed by atoms with E-state index in [1.807, 2.05) is 30.3 Å². The molecule has 0 saturated heterocycles. The SMILES string of the molecule is O=C(c1ccco1)n1nc(-c2ccco2)nc1NCc1ccccc1. The fraction of sp³-hybridized carbons (Fsp3) is 0.0556. The maximum absolute atomic E-state index is 12.6. The van der Waals surface area contributed by atoms with Crippen LogP contribution in [0, 0.1) is 0 Å². The molecule has 25 heavy (non-hydrogen) atoms. The molecule has 0 aliphatic heterocycles. The molecular weight excluding hydrogens is 320 g/mol. The van der Waals surface area contributed by atoms with Gasteiger partial charge in [-0.25, -0.2) is 0 Å². The Hall–Kier alpha value is -3.61. The molecule has 0 atom stereocenters. The fourth-order valence-corrected chi connectivity index (χ4v) is 2.36. The standard InChI is InChI=1S/C18H14N4O3/c23-17(15-9-5-11-25-15)22-18(19-12-13-6-2-1-3-7-13)20-16(21-22)14-8-4-10-24-14/h1-11H,12H2,(H,19,20,21). The van der Waals surface area contributed by atoms with Gasteiger partial charge in [0.2, 0.25) is 11.8 Å². The molecule has 0 bridgehead atoms. The number of furan rings is 2. The number of rotatable bonds is 5. The maximum atomic E-state index is 12.6. The van der Waals surface area contributed by atoms with Crippen LogP contribution in [0.15, 0.2) is 76.0 Å². The summed E-state index contributed by atoms with van der Waals surface area (Å²) in [6.45, 7) is 0.503. The lowest BCUT2D eigenvalue weighted by molar-refractivity contribution is 0.0919. The highest BCUT2D eigenvalue weighted by atomic mass is 16.3. The van der Waals surface area contributed by atoms with Crippen LogP contribution in [-0.4, -0.2) is 20.7 Å². The van der Waals surface area contributed by atoms with E-state index in [1.54, 1.807) is 24.3 Å². The predicted octanol–water partition coefficient (Wildman–Crippen LogP) is 3.43. The first-order chi connectivity index (χ1) is 12.3. The molecule has 7 heteroatoms. The molecule has 0 amide bonds. The highest BCUT2D eigenvalue weighted by molar-refractivity contribution is 5.94. The second-order valence-corrected chi connectivity index (χ2v) is 5.27. The molecule has 0 unspecified atom stereocenters. The zero-order chi connectivity index (χ0) is 17.1. The molecule has 1 N–H and O–H groups in total. The van der Waals surface area contributed by atoms with E-state index in [0.29, 0.717) is 24.1 Å². The van der Waals surface area contributed by atoms with E-state index in [0.717, 1.165) is 5.56 Å². The molecule has 0 fully saturated rings. The van der Waals surface area contributed by atoms with Crippen LogP contribution >= 0.6 is 0 Å². The zero-order valence-corrected chi connectivity index (χ0v) is 13.1. The zero-order valence-electron chi connectivity index (χ0n) is 13.1. The summed E-state index contributed by atoms with van der Waals surface area (Å²) in [5.74, 6) is 0.885. The second kappa shape index (κ2) is 6.48. The minimum absolute atomic E-state index is 0.179. The minimum atomic E-state index is -0.411. The summed E-state index contributed by atoms with van der Waals surface area (Å²) in [5.41, 5.74) is 1.06. The molecule has 7 nitrogen and oxygen atoms in total. The molecule has 0 radical (unpaired) electrons. The average Bonchev–Trinajstić information content (AvgIpc) is 3.41.